The Morgan fingerprint density at radius 2 is 1.78 bits per heavy atom. The summed E-state index contributed by atoms with van der Waals surface area (Å²) in [7, 11) is 1.55. The zero-order chi connectivity index (χ0) is 25.7. The minimum Gasteiger partial charge on any atom is -0.385 e. The number of methoxy groups -OCH3 is 1. The number of aryl methyl sites for hydroxylation is 1. The third-order valence-corrected chi connectivity index (χ3v) is 5.77. The number of aromatic nitrogens is 3. The fourth-order valence-corrected chi connectivity index (χ4v) is 4.00. The molecule has 0 fully saturated rings. The number of carbonyl (C=O) groups excluding carboxylic acids is 1. The number of rotatable bonds is 9. The molecular formula is C26H27N5O5. The summed E-state index contributed by atoms with van der Waals surface area (Å²) >= 11 is 0. The van der Waals surface area contributed by atoms with Crippen LogP contribution in [0.5, 0.6) is 0 Å². The Balaban J connectivity index is 1.83. The van der Waals surface area contributed by atoms with Gasteiger partial charge >= 0.3 is 5.69 Å². The first-order valence-corrected chi connectivity index (χ1v) is 11.4. The van der Waals surface area contributed by atoms with E-state index < -0.39 is 17.2 Å². The van der Waals surface area contributed by atoms with Crippen LogP contribution in [0.3, 0.4) is 0 Å². The van der Waals surface area contributed by atoms with Crippen LogP contribution in [-0.4, -0.2) is 40.9 Å². The van der Waals surface area contributed by atoms with Crippen LogP contribution in [0, 0.1) is 6.92 Å². The molecule has 0 spiro atoms. The molecule has 4 aromatic rings. The van der Waals surface area contributed by atoms with Gasteiger partial charge in [0.05, 0.1) is 6.54 Å². The normalized spacial score (nSPS) is 10.9. The van der Waals surface area contributed by atoms with Gasteiger partial charge in [-0.3, -0.25) is 19.1 Å². The molecule has 0 aliphatic heterocycles. The molecule has 0 unspecified atom stereocenters. The van der Waals surface area contributed by atoms with Crippen LogP contribution >= 0.6 is 0 Å². The fraction of sp³-hybridized carbons (Fsp3) is 0.231. The Hall–Kier alpha value is -4.44. The van der Waals surface area contributed by atoms with E-state index in [2.05, 4.69) is 10.1 Å². The van der Waals surface area contributed by atoms with E-state index in [1.807, 2.05) is 60.7 Å². The number of nitrogens with zero attached hydrogens (tertiary/aromatic N) is 3. The molecule has 2 aromatic heterocycles. The van der Waals surface area contributed by atoms with Crippen LogP contribution < -0.4 is 21.9 Å². The summed E-state index contributed by atoms with van der Waals surface area (Å²) in [5.74, 6) is -0.345. The smallest absolute Gasteiger partial charge is 0.330 e. The highest BCUT2D eigenvalue weighted by molar-refractivity contribution is 6.11. The second-order valence-electron chi connectivity index (χ2n) is 8.20. The van der Waals surface area contributed by atoms with Gasteiger partial charge in [0.1, 0.15) is 22.8 Å². The van der Waals surface area contributed by atoms with Crippen molar-refractivity contribution in [2.45, 2.75) is 19.9 Å². The summed E-state index contributed by atoms with van der Waals surface area (Å²) < 4.78 is 11.8. The third kappa shape index (κ3) is 4.98. The highest BCUT2D eigenvalue weighted by Gasteiger charge is 2.30. The number of benzene rings is 2. The number of hydrogen-bond acceptors (Lipinski definition) is 7. The first-order chi connectivity index (χ1) is 17.4. The summed E-state index contributed by atoms with van der Waals surface area (Å²) in [4.78, 5) is 43.2. The van der Waals surface area contributed by atoms with Crippen LogP contribution in [0.1, 0.15) is 28.1 Å². The van der Waals surface area contributed by atoms with Crippen LogP contribution in [-0.2, 0) is 11.3 Å². The molecule has 3 N–H and O–H groups in total. The maximum Gasteiger partial charge on any atom is 0.330 e. The first-order valence-electron chi connectivity index (χ1n) is 11.4. The van der Waals surface area contributed by atoms with Crippen molar-refractivity contribution >= 4 is 17.4 Å². The molecule has 0 aliphatic carbocycles. The molecule has 0 saturated heterocycles. The van der Waals surface area contributed by atoms with Gasteiger partial charge in [0.2, 0.25) is 0 Å². The van der Waals surface area contributed by atoms with Gasteiger partial charge in [0, 0.05) is 25.8 Å². The van der Waals surface area contributed by atoms with Crippen molar-refractivity contribution in [3.05, 3.63) is 98.4 Å². The second-order valence-corrected chi connectivity index (χ2v) is 8.20. The lowest BCUT2D eigenvalue weighted by Gasteiger charge is -2.24. The van der Waals surface area contributed by atoms with E-state index in [-0.39, 0.29) is 30.2 Å². The minimum absolute atomic E-state index is 0.113. The molecule has 1 amide bonds. The number of ether oxygens (including phenoxy) is 1. The average Bonchev–Trinajstić information content (AvgIpc) is 3.27. The van der Waals surface area contributed by atoms with Gasteiger partial charge in [-0.25, -0.2) is 4.79 Å². The van der Waals surface area contributed by atoms with Gasteiger partial charge in [0.25, 0.3) is 11.5 Å². The molecule has 0 radical (unpaired) electrons. The van der Waals surface area contributed by atoms with E-state index in [1.165, 1.54) is 9.47 Å². The fourth-order valence-electron chi connectivity index (χ4n) is 4.00. The van der Waals surface area contributed by atoms with Gasteiger partial charge in [-0.05, 0) is 18.9 Å². The van der Waals surface area contributed by atoms with Crippen molar-refractivity contribution in [1.29, 1.82) is 0 Å². The van der Waals surface area contributed by atoms with Crippen LogP contribution in [0.2, 0.25) is 0 Å². The van der Waals surface area contributed by atoms with Crippen molar-refractivity contribution in [2.75, 3.05) is 30.9 Å². The molecule has 10 heteroatoms. The quantitative estimate of drug-likeness (QED) is 0.345. The molecular weight excluding hydrogens is 462 g/mol. The second kappa shape index (κ2) is 10.9. The summed E-state index contributed by atoms with van der Waals surface area (Å²) in [6.07, 6.45) is 0.421. The molecule has 2 aromatic carbocycles. The van der Waals surface area contributed by atoms with Gasteiger partial charge in [0.15, 0.2) is 5.69 Å². The summed E-state index contributed by atoms with van der Waals surface area (Å²) in [5, 5.41) is 4.09. The van der Waals surface area contributed by atoms with E-state index in [4.69, 9.17) is 15.0 Å². The Kier molecular flexibility index (Phi) is 7.45. The Morgan fingerprint density at radius 3 is 2.44 bits per heavy atom. The highest BCUT2D eigenvalue weighted by Crippen LogP contribution is 2.29. The van der Waals surface area contributed by atoms with E-state index in [0.29, 0.717) is 30.0 Å². The van der Waals surface area contributed by atoms with E-state index in [9.17, 15) is 14.4 Å². The van der Waals surface area contributed by atoms with E-state index >= 15 is 0 Å². The van der Waals surface area contributed by atoms with Crippen molar-refractivity contribution < 1.29 is 14.1 Å². The standard InChI is InChI=1S/C26H27N5O5/c1-17-20(21(29-36-17)19-12-7-4-8-13-19)25(33)30(14-9-15-35-2)22-23(27)31(26(34)28-24(22)32)16-18-10-5-3-6-11-18/h3-8,10-13H,9,14-16,27H2,1-2H3,(H,28,32,34). The number of anilines is 2. The predicted octanol–water partition coefficient (Wildman–Crippen LogP) is 2.81. The molecule has 0 saturated carbocycles. The van der Waals surface area contributed by atoms with Gasteiger partial charge in [-0.1, -0.05) is 65.8 Å². The number of nitrogen functional groups attached to an aromatic ring is 1. The molecule has 186 valence electrons. The number of H-pyrrole nitrogens is 1. The lowest BCUT2D eigenvalue weighted by atomic mass is 10.0. The van der Waals surface area contributed by atoms with Crippen molar-refractivity contribution in [3.63, 3.8) is 0 Å². The predicted molar refractivity (Wildman–Crippen MR) is 136 cm³/mol. The summed E-state index contributed by atoms with van der Waals surface area (Å²) in [6, 6.07) is 18.3. The first kappa shape index (κ1) is 24.7. The SMILES string of the molecule is COCCCN(C(=O)c1c(-c2ccccc2)noc1C)c1c(N)n(Cc2ccccc2)c(=O)[nH]c1=O. The summed E-state index contributed by atoms with van der Waals surface area (Å²) in [6.45, 7) is 2.21. The van der Waals surface area contributed by atoms with Gasteiger partial charge in [-0.15, -0.1) is 0 Å². The largest absolute Gasteiger partial charge is 0.385 e. The maximum atomic E-state index is 14.0. The van der Waals surface area contributed by atoms with Crippen molar-refractivity contribution in [2.24, 2.45) is 0 Å². The zero-order valence-corrected chi connectivity index (χ0v) is 20.1. The average molecular weight is 490 g/mol. The van der Waals surface area contributed by atoms with Crippen LogP contribution in [0.15, 0.2) is 74.8 Å². The van der Waals surface area contributed by atoms with Crippen molar-refractivity contribution in [1.82, 2.24) is 14.7 Å². The zero-order valence-electron chi connectivity index (χ0n) is 20.1. The number of hydrogen-bond donors (Lipinski definition) is 2. The lowest BCUT2D eigenvalue weighted by molar-refractivity contribution is 0.0982. The molecule has 36 heavy (non-hydrogen) atoms. The number of amides is 1. The van der Waals surface area contributed by atoms with Gasteiger partial charge < -0.3 is 19.9 Å². The van der Waals surface area contributed by atoms with Crippen molar-refractivity contribution in [3.8, 4) is 11.3 Å². The molecule has 10 nitrogen and oxygen atoms in total. The van der Waals surface area contributed by atoms with Crippen LogP contribution in [0.25, 0.3) is 11.3 Å². The Morgan fingerprint density at radius 1 is 1.11 bits per heavy atom. The Labute approximate surface area is 206 Å². The number of nitrogens with one attached hydrogen (secondary N) is 1. The molecule has 4 rings (SSSR count). The maximum absolute atomic E-state index is 14.0. The topological polar surface area (TPSA) is 136 Å². The van der Waals surface area contributed by atoms with Gasteiger partial charge in [-0.2, -0.15) is 0 Å². The molecule has 0 atom stereocenters. The highest BCUT2D eigenvalue weighted by atomic mass is 16.5. The van der Waals surface area contributed by atoms with E-state index in [1.54, 1.807) is 14.0 Å². The van der Waals surface area contributed by atoms with E-state index in [0.717, 1.165) is 5.56 Å². The minimum atomic E-state index is -0.761. The Bertz CT molecular complexity index is 1460. The summed E-state index contributed by atoms with van der Waals surface area (Å²) in [5.41, 5.74) is 6.90. The molecule has 0 bridgehead atoms. The third-order valence-electron chi connectivity index (χ3n) is 5.77. The number of nitrogens with two attached hydrogens (primary N) is 1. The lowest BCUT2D eigenvalue weighted by Crippen LogP contribution is -2.42. The molecule has 2 heterocycles. The number of aromatic amines is 1. The monoisotopic (exact) mass is 489 g/mol. The number of carbonyl (C=O) groups is 1. The van der Waals surface area contributed by atoms with Crippen LogP contribution in [0.4, 0.5) is 11.5 Å². The molecule has 0 aliphatic rings.